The van der Waals surface area contributed by atoms with Gasteiger partial charge in [0.05, 0.1) is 0 Å². The van der Waals surface area contributed by atoms with Crippen LogP contribution in [0, 0.1) is 5.92 Å². The average Bonchev–Trinajstić information content (AvgIpc) is 2.27. The van der Waals surface area contributed by atoms with E-state index in [9.17, 15) is 0 Å². The van der Waals surface area contributed by atoms with Crippen LogP contribution < -0.4 is 0 Å². The molecule has 0 spiro atoms. The number of nitrogens with zero attached hydrogens (tertiary/aromatic N) is 1. The van der Waals surface area contributed by atoms with E-state index in [2.05, 4.69) is 30.2 Å². The lowest BCUT2D eigenvalue weighted by molar-refractivity contribution is 0.223. The summed E-state index contributed by atoms with van der Waals surface area (Å²) in [7, 11) is 0. The fraction of sp³-hybridized carbons (Fsp3) is 0.667. The summed E-state index contributed by atoms with van der Waals surface area (Å²) in [5, 5.41) is 0. The first-order valence-electron chi connectivity index (χ1n) is 5.50. The third-order valence-electron chi connectivity index (χ3n) is 3.33. The van der Waals surface area contributed by atoms with Crippen molar-refractivity contribution in [1.29, 1.82) is 0 Å². The second kappa shape index (κ2) is 4.54. The molecule has 0 radical (unpaired) electrons. The fourth-order valence-corrected chi connectivity index (χ4v) is 2.89. The largest absolute Gasteiger partial charge is 0.303 e. The summed E-state index contributed by atoms with van der Waals surface area (Å²) in [6.07, 6.45) is 9.54. The second-order valence-electron chi connectivity index (χ2n) is 4.11. The maximum absolute atomic E-state index is 2.57. The average molecular weight is 209 g/mol. The number of likely N-dealkylation sites (tertiary alicyclic amines) is 1. The van der Waals surface area contributed by atoms with Gasteiger partial charge in [-0.05, 0) is 37.6 Å². The monoisotopic (exact) mass is 209 g/mol. The zero-order chi connectivity index (χ0) is 9.97. The number of rotatable bonds is 2. The van der Waals surface area contributed by atoms with Crippen molar-refractivity contribution in [2.45, 2.75) is 19.8 Å². The van der Waals surface area contributed by atoms with Crippen LogP contribution in [0.2, 0.25) is 0 Å². The molecule has 1 aliphatic carbocycles. The van der Waals surface area contributed by atoms with Crippen molar-refractivity contribution >= 4 is 11.8 Å². The van der Waals surface area contributed by atoms with E-state index in [-0.39, 0.29) is 0 Å². The predicted octanol–water partition coefficient (Wildman–Crippen LogP) is 2.91. The van der Waals surface area contributed by atoms with Gasteiger partial charge in [0.1, 0.15) is 0 Å². The van der Waals surface area contributed by atoms with Crippen LogP contribution in [-0.4, -0.2) is 30.8 Å². The maximum atomic E-state index is 2.57. The molecular weight excluding hydrogens is 190 g/mol. The van der Waals surface area contributed by atoms with Crippen molar-refractivity contribution in [3.8, 4) is 0 Å². The molecule has 1 nitrogen and oxygen atoms in total. The van der Waals surface area contributed by atoms with Crippen LogP contribution in [-0.2, 0) is 0 Å². The quantitative estimate of drug-likeness (QED) is 0.688. The highest BCUT2D eigenvalue weighted by molar-refractivity contribution is 8.02. The van der Waals surface area contributed by atoms with Crippen LogP contribution in [0.4, 0.5) is 0 Å². The van der Waals surface area contributed by atoms with Crippen LogP contribution in [0.5, 0.6) is 0 Å². The molecule has 0 N–H and O–H groups in total. The lowest BCUT2D eigenvalue weighted by Crippen LogP contribution is -2.36. The molecule has 0 bridgehead atoms. The van der Waals surface area contributed by atoms with Gasteiger partial charge in [0.25, 0.3) is 0 Å². The van der Waals surface area contributed by atoms with Gasteiger partial charge >= 0.3 is 0 Å². The molecule has 0 saturated carbocycles. The number of piperidine rings is 1. The van der Waals surface area contributed by atoms with Crippen molar-refractivity contribution in [2.75, 3.05) is 25.9 Å². The Bertz CT molecular complexity index is 267. The van der Waals surface area contributed by atoms with Gasteiger partial charge in [-0.1, -0.05) is 18.6 Å². The van der Waals surface area contributed by atoms with E-state index in [0.29, 0.717) is 0 Å². The minimum absolute atomic E-state index is 0.819. The van der Waals surface area contributed by atoms with E-state index in [1.807, 2.05) is 11.8 Å². The lowest BCUT2D eigenvalue weighted by atomic mass is 9.86. The molecule has 1 fully saturated rings. The van der Waals surface area contributed by atoms with Gasteiger partial charge in [0, 0.05) is 18.0 Å². The number of hydrogen-bond donors (Lipinski definition) is 0. The van der Waals surface area contributed by atoms with E-state index in [4.69, 9.17) is 0 Å². The highest BCUT2D eigenvalue weighted by Gasteiger charge is 2.24. The summed E-state index contributed by atoms with van der Waals surface area (Å²) in [5.74, 6) is 0.819. The molecule has 1 saturated heterocycles. The number of hydrogen-bond acceptors (Lipinski definition) is 2. The smallest absolute Gasteiger partial charge is 0.00501 e. The summed E-state index contributed by atoms with van der Waals surface area (Å²) in [4.78, 5) is 4.04. The van der Waals surface area contributed by atoms with Crippen molar-refractivity contribution in [3.05, 3.63) is 22.6 Å². The van der Waals surface area contributed by atoms with Crippen LogP contribution in [0.25, 0.3) is 0 Å². The van der Waals surface area contributed by atoms with Crippen LogP contribution in [0.3, 0.4) is 0 Å². The van der Waals surface area contributed by atoms with Crippen molar-refractivity contribution in [2.24, 2.45) is 5.92 Å². The van der Waals surface area contributed by atoms with Gasteiger partial charge in [-0.25, -0.2) is 0 Å². The van der Waals surface area contributed by atoms with E-state index in [1.54, 1.807) is 5.57 Å². The van der Waals surface area contributed by atoms with Gasteiger partial charge in [-0.3, -0.25) is 0 Å². The lowest BCUT2D eigenvalue weighted by Gasteiger charge is -2.35. The highest BCUT2D eigenvalue weighted by Crippen LogP contribution is 2.33. The Balaban J connectivity index is 2.04. The SMILES string of the molecule is CCN1CCC2=CC(SC)=CCC2C1. The van der Waals surface area contributed by atoms with Crippen molar-refractivity contribution in [3.63, 3.8) is 0 Å². The number of fused-ring (bicyclic) bond motifs is 1. The molecule has 2 rings (SSSR count). The molecule has 78 valence electrons. The van der Waals surface area contributed by atoms with Gasteiger partial charge in [-0.2, -0.15) is 0 Å². The topological polar surface area (TPSA) is 3.24 Å². The third-order valence-corrected chi connectivity index (χ3v) is 4.09. The molecule has 0 aromatic heterocycles. The molecule has 0 aromatic rings. The molecular formula is C12H19NS. The van der Waals surface area contributed by atoms with E-state index >= 15 is 0 Å². The fourth-order valence-electron chi connectivity index (χ4n) is 2.36. The molecule has 1 unspecified atom stereocenters. The van der Waals surface area contributed by atoms with E-state index in [0.717, 1.165) is 5.92 Å². The molecule has 1 aliphatic heterocycles. The standard InChI is InChI=1S/C12H19NS/c1-3-13-7-6-10-8-12(14-2)5-4-11(10)9-13/h5,8,11H,3-4,6-7,9H2,1-2H3. The molecule has 1 heterocycles. The first kappa shape index (κ1) is 10.3. The zero-order valence-corrected chi connectivity index (χ0v) is 9.94. The summed E-state index contributed by atoms with van der Waals surface area (Å²) in [6, 6.07) is 0. The van der Waals surface area contributed by atoms with E-state index in [1.165, 1.54) is 37.4 Å². The van der Waals surface area contributed by atoms with Crippen molar-refractivity contribution in [1.82, 2.24) is 4.90 Å². The Hall–Kier alpha value is -0.210. The maximum Gasteiger partial charge on any atom is 0.00501 e. The van der Waals surface area contributed by atoms with Crippen LogP contribution in [0.1, 0.15) is 19.8 Å². The Morgan fingerprint density at radius 1 is 1.57 bits per heavy atom. The summed E-state index contributed by atoms with van der Waals surface area (Å²) in [6.45, 7) is 6.02. The summed E-state index contributed by atoms with van der Waals surface area (Å²) < 4.78 is 0. The Labute approximate surface area is 91.2 Å². The molecule has 2 aliphatic rings. The van der Waals surface area contributed by atoms with Crippen LogP contribution >= 0.6 is 11.8 Å². The van der Waals surface area contributed by atoms with Crippen molar-refractivity contribution < 1.29 is 0 Å². The van der Waals surface area contributed by atoms with Gasteiger partial charge < -0.3 is 4.90 Å². The predicted molar refractivity (Wildman–Crippen MR) is 64.5 cm³/mol. The molecule has 14 heavy (non-hydrogen) atoms. The Kier molecular flexibility index (Phi) is 3.34. The van der Waals surface area contributed by atoms with Gasteiger partial charge in [0.2, 0.25) is 0 Å². The number of thioether (sulfide) groups is 1. The molecule has 0 aromatic carbocycles. The molecule has 1 atom stereocenters. The second-order valence-corrected chi connectivity index (χ2v) is 4.99. The minimum Gasteiger partial charge on any atom is -0.303 e. The van der Waals surface area contributed by atoms with Gasteiger partial charge in [-0.15, -0.1) is 11.8 Å². The summed E-state index contributed by atoms with van der Waals surface area (Å²) in [5.41, 5.74) is 1.70. The zero-order valence-electron chi connectivity index (χ0n) is 9.12. The minimum atomic E-state index is 0.819. The Morgan fingerprint density at radius 3 is 3.14 bits per heavy atom. The molecule has 2 heteroatoms. The first-order chi connectivity index (χ1) is 6.83. The number of allylic oxidation sites excluding steroid dienone is 2. The van der Waals surface area contributed by atoms with Crippen LogP contribution in [0.15, 0.2) is 22.6 Å². The molecule has 0 amide bonds. The normalized spacial score (nSPS) is 28.0. The van der Waals surface area contributed by atoms with E-state index < -0.39 is 0 Å². The summed E-state index contributed by atoms with van der Waals surface area (Å²) >= 11 is 1.88. The van der Waals surface area contributed by atoms with Gasteiger partial charge in [0.15, 0.2) is 0 Å². The first-order valence-corrected chi connectivity index (χ1v) is 6.73. The highest BCUT2D eigenvalue weighted by atomic mass is 32.2. The third kappa shape index (κ3) is 2.06. The Morgan fingerprint density at radius 2 is 2.43 bits per heavy atom.